The number of nitrogens with zero attached hydrogens (tertiary/aromatic N) is 3. The quantitative estimate of drug-likeness (QED) is 0.200. The number of carbonyl (C=O) groups excluding carboxylic acids is 2. The molecule has 3 aromatic carbocycles. The minimum atomic E-state index is -1.12. The van der Waals surface area contributed by atoms with E-state index >= 15 is 0 Å². The second kappa shape index (κ2) is 10.4. The minimum Gasteiger partial charge on any atom is -0.346 e. The van der Waals surface area contributed by atoms with Crippen molar-refractivity contribution in [2.75, 3.05) is 0 Å². The number of fused-ring (bicyclic) bond motifs is 1. The Bertz CT molecular complexity index is 1350. The van der Waals surface area contributed by atoms with Gasteiger partial charge in [0.1, 0.15) is 11.1 Å². The zero-order valence-electron chi connectivity index (χ0n) is 17.6. The first-order valence-corrected chi connectivity index (χ1v) is 11.0. The molecule has 1 heterocycles. The van der Waals surface area contributed by atoms with Crippen molar-refractivity contribution in [1.29, 1.82) is 0 Å². The highest BCUT2D eigenvalue weighted by atomic mass is 32.2. The predicted octanol–water partition coefficient (Wildman–Crippen LogP) is 3.83. The Hall–Kier alpha value is -3.83. The molecule has 0 spiro atoms. The lowest BCUT2D eigenvalue weighted by Gasteiger charge is -2.16. The first-order valence-electron chi connectivity index (χ1n) is 10.2. The van der Waals surface area contributed by atoms with Crippen LogP contribution in [-0.4, -0.2) is 32.0 Å². The molecule has 0 saturated heterocycles. The van der Waals surface area contributed by atoms with Crippen LogP contribution in [-0.2, 0) is 11.3 Å². The number of carbonyl (C=O) groups is 2. The third kappa shape index (κ3) is 5.56. The molecule has 11 heteroatoms. The molecule has 1 atom stereocenters. The van der Waals surface area contributed by atoms with Gasteiger partial charge in [-0.2, -0.15) is 0 Å². The number of thioether (sulfide) groups is 1. The van der Waals surface area contributed by atoms with E-state index in [-0.39, 0.29) is 18.5 Å². The van der Waals surface area contributed by atoms with Gasteiger partial charge in [-0.25, -0.2) is 18.9 Å². The van der Waals surface area contributed by atoms with Crippen molar-refractivity contribution in [3.05, 3.63) is 89.8 Å². The SMILES string of the molecule is O=C(CC(Sc1ccc2ccccc2c1)n1cc(CNC(=O)c2ccc(F)c(F)c2)nn1)NO. The fourth-order valence-electron chi connectivity index (χ4n) is 3.24. The fourth-order valence-corrected chi connectivity index (χ4v) is 4.34. The summed E-state index contributed by atoms with van der Waals surface area (Å²) in [6.45, 7) is -0.0165. The summed E-state index contributed by atoms with van der Waals surface area (Å²) >= 11 is 1.36. The molecule has 0 aliphatic carbocycles. The first kappa shape index (κ1) is 23.3. The van der Waals surface area contributed by atoms with Gasteiger partial charge in [-0.05, 0) is 41.1 Å². The molecular weight excluding hydrogens is 464 g/mol. The maximum atomic E-state index is 13.4. The normalized spacial score (nSPS) is 11.9. The summed E-state index contributed by atoms with van der Waals surface area (Å²) in [5.41, 5.74) is 1.99. The second-order valence-electron chi connectivity index (χ2n) is 7.32. The lowest BCUT2D eigenvalue weighted by molar-refractivity contribution is -0.129. The number of rotatable bonds is 8. The maximum absolute atomic E-state index is 13.4. The van der Waals surface area contributed by atoms with E-state index in [0.29, 0.717) is 5.69 Å². The molecule has 0 bridgehead atoms. The van der Waals surface area contributed by atoms with Crippen LogP contribution in [0.2, 0.25) is 0 Å². The number of halogens is 2. The van der Waals surface area contributed by atoms with Crippen molar-refractivity contribution in [2.24, 2.45) is 0 Å². The van der Waals surface area contributed by atoms with Gasteiger partial charge in [-0.15, -0.1) is 5.10 Å². The van der Waals surface area contributed by atoms with E-state index in [1.54, 1.807) is 11.7 Å². The van der Waals surface area contributed by atoms with E-state index in [4.69, 9.17) is 5.21 Å². The molecule has 0 fully saturated rings. The Kier molecular flexibility index (Phi) is 7.14. The third-order valence-corrected chi connectivity index (χ3v) is 6.12. The Labute approximate surface area is 196 Å². The van der Waals surface area contributed by atoms with E-state index < -0.39 is 28.8 Å². The summed E-state index contributed by atoms with van der Waals surface area (Å²) in [6.07, 6.45) is 1.48. The zero-order valence-corrected chi connectivity index (χ0v) is 18.4. The minimum absolute atomic E-state index is 0.0165. The molecule has 4 rings (SSSR count). The molecule has 0 saturated carbocycles. The van der Waals surface area contributed by atoms with E-state index in [0.717, 1.165) is 27.8 Å². The highest BCUT2D eigenvalue weighted by Crippen LogP contribution is 2.34. The van der Waals surface area contributed by atoms with Crippen molar-refractivity contribution < 1.29 is 23.6 Å². The number of benzene rings is 3. The molecule has 8 nitrogen and oxygen atoms in total. The van der Waals surface area contributed by atoms with Gasteiger partial charge in [-0.1, -0.05) is 47.3 Å². The monoisotopic (exact) mass is 483 g/mol. The predicted molar refractivity (Wildman–Crippen MR) is 121 cm³/mol. The molecule has 1 aromatic heterocycles. The number of amides is 2. The van der Waals surface area contributed by atoms with Crippen molar-refractivity contribution in [3.63, 3.8) is 0 Å². The Morgan fingerprint density at radius 2 is 1.82 bits per heavy atom. The number of hydrogen-bond acceptors (Lipinski definition) is 6. The Morgan fingerprint density at radius 3 is 2.59 bits per heavy atom. The van der Waals surface area contributed by atoms with E-state index in [1.165, 1.54) is 22.5 Å². The van der Waals surface area contributed by atoms with E-state index in [1.807, 2.05) is 42.5 Å². The molecule has 0 aliphatic heterocycles. The zero-order chi connectivity index (χ0) is 24.1. The highest BCUT2D eigenvalue weighted by Gasteiger charge is 2.20. The smallest absolute Gasteiger partial charge is 0.251 e. The van der Waals surface area contributed by atoms with Crippen molar-refractivity contribution in [2.45, 2.75) is 23.2 Å². The van der Waals surface area contributed by atoms with Crippen LogP contribution in [0.25, 0.3) is 10.8 Å². The largest absolute Gasteiger partial charge is 0.346 e. The standard InChI is InChI=1S/C23H19F2N5O3S/c24-19-8-6-16(10-20(19)25)23(32)26-12-17-13-30(29-27-17)22(11-21(31)28-33)34-18-7-5-14-3-1-2-4-15(14)9-18/h1-10,13,22,33H,11-12H2,(H,26,32)(H,28,31). The Balaban J connectivity index is 1.47. The fraction of sp³-hybridized carbons (Fsp3) is 0.130. The van der Waals surface area contributed by atoms with E-state index in [9.17, 15) is 18.4 Å². The number of aromatic nitrogens is 3. The van der Waals surface area contributed by atoms with E-state index in [2.05, 4.69) is 15.6 Å². The van der Waals surface area contributed by atoms with Crippen LogP contribution >= 0.6 is 11.8 Å². The summed E-state index contributed by atoms with van der Waals surface area (Å²) in [6, 6.07) is 16.6. The molecule has 1 unspecified atom stereocenters. The average Bonchev–Trinajstić information content (AvgIpc) is 3.32. The first-order chi connectivity index (χ1) is 16.4. The molecule has 3 N–H and O–H groups in total. The molecule has 0 aliphatic rings. The van der Waals surface area contributed by atoms with Gasteiger partial charge in [0, 0.05) is 10.5 Å². The van der Waals surface area contributed by atoms with Crippen LogP contribution in [0.3, 0.4) is 0 Å². The molecule has 0 radical (unpaired) electrons. The summed E-state index contributed by atoms with van der Waals surface area (Å²) in [7, 11) is 0. The van der Waals surface area contributed by atoms with Crippen LogP contribution in [0.4, 0.5) is 8.78 Å². The van der Waals surface area contributed by atoms with Gasteiger partial charge in [0.05, 0.1) is 19.2 Å². The third-order valence-electron chi connectivity index (χ3n) is 4.94. The van der Waals surface area contributed by atoms with Crippen LogP contribution in [0.1, 0.15) is 27.8 Å². The van der Waals surface area contributed by atoms with Crippen LogP contribution in [0, 0.1) is 11.6 Å². The lowest BCUT2D eigenvalue weighted by atomic mass is 10.1. The second-order valence-corrected chi connectivity index (χ2v) is 8.57. The highest BCUT2D eigenvalue weighted by molar-refractivity contribution is 7.99. The van der Waals surface area contributed by atoms with Crippen molar-refractivity contribution in [1.82, 2.24) is 25.8 Å². The average molecular weight is 484 g/mol. The number of hydrogen-bond donors (Lipinski definition) is 3. The van der Waals surface area contributed by atoms with Gasteiger partial charge in [0.25, 0.3) is 5.91 Å². The molecular formula is C23H19F2N5O3S. The molecule has 174 valence electrons. The van der Waals surface area contributed by atoms with Gasteiger partial charge in [-0.3, -0.25) is 14.8 Å². The molecule has 2 amide bonds. The summed E-state index contributed by atoms with van der Waals surface area (Å²) in [5, 5.41) is 21.2. The summed E-state index contributed by atoms with van der Waals surface area (Å²) in [4.78, 5) is 25.0. The number of hydroxylamine groups is 1. The summed E-state index contributed by atoms with van der Waals surface area (Å²) < 4.78 is 27.9. The maximum Gasteiger partial charge on any atom is 0.251 e. The van der Waals surface area contributed by atoms with Crippen molar-refractivity contribution >= 4 is 34.3 Å². The number of nitrogens with one attached hydrogen (secondary N) is 2. The van der Waals surface area contributed by atoms with Crippen LogP contribution in [0.5, 0.6) is 0 Å². The van der Waals surface area contributed by atoms with Gasteiger partial charge in [0.15, 0.2) is 11.6 Å². The lowest BCUT2D eigenvalue weighted by Crippen LogP contribution is -2.23. The summed E-state index contributed by atoms with van der Waals surface area (Å²) in [5.74, 6) is -3.35. The Morgan fingerprint density at radius 1 is 1.03 bits per heavy atom. The van der Waals surface area contributed by atoms with Crippen molar-refractivity contribution in [3.8, 4) is 0 Å². The van der Waals surface area contributed by atoms with Crippen LogP contribution < -0.4 is 10.8 Å². The van der Waals surface area contributed by atoms with Gasteiger partial charge < -0.3 is 5.32 Å². The van der Waals surface area contributed by atoms with Gasteiger partial charge in [0.2, 0.25) is 5.91 Å². The van der Waals surface area contributed by atoms with Crippen LogP contribution in [0.15, 0.2) is 71.8 Å². The topological polar surface area (TPSA) is 109 Å². The molecule has 34 heavy (non-hydrogen) atoms. The van der Waals surface area contributed by atoms with Gasteiger partial charge >= 0.3 is 0 Å². The molecule has 4 aromatic rings.